The van der Waals surface area contributed by atoms with Gasteiger partial charge < -0.3 is 20.5 Å². The number of ether oxygens (including phenoxy) is 1. The van der Waals surface area contributed by atoms with Gasteiger partial charge in [0, 0.05) is 38.0 Å². The fraction of sp³-hybridized carbons (Fsp3) is 0.565. The molecule has 0 radical (unpaired) electrons. The van der Waals surface area contributed by atoms with E-state index in [4.69, 9.17) is 14.7 Å². The summed E-state index contributed by atoms with van der Waals surface area (Å²) in [5, 5.41) is 17.5. The molecular formula is C23H31N7O2S. The van der Waals surface area contributed by atoms with Crippen molar-refractivity contribution in [3.05, 3.63) is 30.1 Å². The maximum Gasteiger partial charge on any atom is 0.225 e. The van der Waals surface area contributed by atoms with Gasteiger partial charge in [0.05, 0.1) is 18.4 Å². The first-order valence-electron chi connectivity index (χ1n) is 11.7. The third kappa shape index (κ3) is 5.57. The Balaban J connectivity index is 1.38. The van der Waals surface area contributed by atoms with Crippen LogP contribution < -0.4 is 10.6 Å². The van der Waals surface area contributed by atoms with Crippen LogP contribution in [0.15, 0.2) is 24.4 Å². The molecule has 0 amide bonds. The van der Waals surface area contributed by atoms with E-state index in [1.54, 1.807) is 13.3 Å². The number of aliphatic hydroxyl groups excluding tert-OH is 1. The van der Waals surface area contributed by atoms with Gasteiger partial charge in [-0.3, -0.25) is 4.90 Å². The lowest BCUT2D eigenvalue weighted by molar-refractivity contribution is 0.111. The van der Waals surface area contributed by atoms with Gasteiger partial charge in [-0.2, -0.15) is 4.98 Å². The maximum absolute atomic E-state index is 9.84. The number of fused-ring (bicyclic) bond motifs is 1. The molecule has 33 heavy (non-hydrogen) atoms. The van der Waals surface area contributed by atoms with Crippen molar-refractivity contribution < 1.29 is 9.84 Å². The van der Waals surface area contributed by atoms with Crippen LogP contribution in [0.2, 0.25) is 0 Å². The first kappa shape index (κ1) is 22.4. The van der Waals surface area contributed by atoms with Crippen molar-refractivity contribution in [2.45, 2.75) is 63.3 Å². The van der Waals surface area contributed by atoms with Crippen molar-refractivity contribution in [1.29, 1.82) is 0 Å². The Morgan fingerprint density at radius 3 is 2.88 bits per heavy atom. The quantitative estimate of drug-likeness (QED) is 0.456. The van der Waals surface area contributed by atoms with Crippen LogP contribution in [-0.2, 0) is 11.3 Å². The number of pyridine rings is 1. The van der Waals surface area contributed by atoms with Crippen molar-refractivity contribution in [1.82, 2.24) is 24.8 Å². The molecule has 176 valence electrons. The molecule has 3 N–H and O–H groups in total. The highest BCUT2D eigenvalue weighted by Gasteiger charge is 2.26. The lowest BCUT2D eigenvalue weighted by atomic mass is 9.93. The topological polar surface area (TPSA) is 108 Å². The fourth-order valence-electron chi connectivity index (χ4n) is 4.74. The fourth-order valence-corrected chi connectivity index (χ4v) is 5.55. The molecule has 3 aromatic rings. The molecule has 1 aliphatic heterocycles. The van der Waals surface area contributed by atoms with Gasteiger partial charge in [-0.25, -0.2) is 15.0 Å². The Kier molecular flexibility index (Phi) is 6.96. The van der Waals surface area contributed by atoms with Crippen molar-refractivity contribution >= 4 is 38.6 Å². The highest BCUT2D eigenvalue weighted by Crippen LogP contribution is 2.28. The van der Waals surface area contributed by atoms with Crippen LogP contribution in [0.4, 0.5) is 16.9 Å². The zero-order valence-electron chi connectivity index (χ0n) is 18.9. The van der Waals surface area contributed by atoms with Gasteiger partial charge in [-0.15, -0.1) is 0 Å². The third-order valence-electron chi connectivity index (χ3n) is 6.43. The summed E-state index contributed by atoms with van der Waals surface area (Å²) in [6.45, 7) is 2.54. The second-order valence-corrected chi connectivity index (χ2v) is 9.89. The summed E-state index contributed by atoms with van der Waals surface area (Å²) in [6, 6.07) is 6.56. The van der Waals surface area contributed by atoms with Gasteiger partial charge in [0.1, 0.15) is 16.2 Å². The lowest BCUT2D eigenvalue weighted by Crippen LogP contribution is -2.33. The minimum absolute atomic E-state index is 0.187. The van der Waals surface area contributed by atoms with Gasteiger partial charge >= 0.3 is 0 Å². The van der Waals surface area contributed by atoms with Crippen molar-refractivity contribution in [2.24, 2.45) is 0 Å². The van der Waals surface area contributed by atoms with Crippen LogP contribution in [0.1, 0.15) is 44.2 Å². The van der Waals surface area contributed by atoms with Gasteiger partial charge in [0.25, 0.3) is 0 Å². The van der Waals surface area contributed by atoms with Crippen molar-refractivity contribution in [2.75, 3.05) is 30.9 Å². The van der Waals surface area contributed by atoms with E-state index in [9.17, 15) is 5.11 Å². The van der Waals surface area contributed by atoms with E-state index in [-0.39, 0.29) is 12.1 Å². The van der Waals surface area contributed by atoms with Crippen LogP contribution in [0.5, 0.6) is 0 Å². The van der Waals surface area contributed by atoms with Gasteiger partial charge in [-0.05, 0) is 57.2 Å². The van der Waals surface area contributed by atoms with E-state index < -0.39 is 0 Å². The van der Waals surface area contributed by atoms with Crippen molar-refractivity contribution in [3.63, 3.8) is 0 Å². The number of thiazole rings is 1. The maximum atomic E-state index is 9.84. The number of aromatic nitrogens is 4. The van der Waals surface area contributed by atoms with E-state index in [1.807, 2.05) is 18.2 Å². The first-order valence-corrected chi connectivity index (χ1v) is 12.5. The van der Waals surface area contributed by atoms with Crippen LogP contribution in [0, 0.1) is 0 Å². The number of nitrogens with zero attached hydrogens (tertiary/aromatic N) is 5. The number of rotatable bonds is 8. The predicted molar refractivity (Wildman–Crippen MR) is 130 cm³/mol. The Labute approximate surface area is 197 Å². The van der Waals surface area contributed by atoms with E-state index in [1.165, 1.54) is 17.8 Å². The number of hydrogen-bond donors (Lipinski definition) is 3. The number of nitrogens with one attached hydrogen (secondary N) is 2. The van der Waals surface area contributed by atoms with Gasteiger partial charge in [0.2, 0.25) is 5.95 Å². The second-order valence-electron chi connectivity index (χ2n) is 8.91. The highest BCUT2D eigenvalue weighted by atomic mass is 32.1. The molecular weight excluding hydrogens is 438 g/mol. The van der Waals surface area contributed by atoms with Crippen molar-refractivity contribution in [3.8, 4) is 0 Å². The normalized spacial score (nSPS) is 23.8. The Morgan fingerprint density at radius 1 is 1.18 bits per heavy atom. The molecule has 5 rings (SSSR count). The zero-order valence-corrected chi connectivity index (χ0v) is 19.7. The second kappa shape index (κ2) is 10.3. The van der Waals surface area contributed by atoms with E-state index in [0.29, 0.717) is 12.0 Å². The Hall–Kier alpha value is -2.40. The molecule has 3 aromatic heterocycles. The van der Waals surface area contributed by atoms with Crippen LogP contribution in [-0.4, -0.2) is 68.4 Å². The summed E-state index contributed by atoms with van der Waals surface area (Å²) in [5.74, 6) is 1.35. The molecule has 4 heterocycles. The summed E-state index contributed by atoms with van der Waals surface area (Å²) in [6.07, 6.45) is 7.39. The van der Waals surface area contributed by atoms with E-state index >= 15 is 0 Å². The van der Waals surface area contributed by atoms with Crippen LogP contribution >= 0.6 is 11.3 Å². The van der Waals surface area contributed by atoms with Crippen LogP contribution in [0.25, 0.3) is 10.3 Å². The summed E-state index contributed by atoms with van der Waals surface area (Å²) in [7, 11) is 1.76. The smallest absolute Gasteiger partial charge is 0.225 e. The molecule has 2 fully saturated rings. The average molecular weight is 470 g/mol. The first-order chi connectivity index (χ1) is 16.2. The number of hydrogen-bond acceptors (Lipinski definition) is 10. The highest BCUT2D eigenvalue weighted by molar-refractivity contribution is 7.21. The molecule has 0 aromatic carbocycles. The number of likely N-dealkylation sites (tertiary alicyclic amines) is 1. The Bertz CT molecular complexity index is 1040. The largest absolute Gasteiger partial charge is 0.393 e. The van der Waals surface area contributed by atoms with Gasteiger partial charge in [-0.1, -0.05) is 11.3 Å². The standard InChI is InChI=1S/C23H31N7O2S/c1-32-14-17-4-3-11-30(17)13-16-12-20(29-23-27-19-5-2-10-24-21(19)33-23)28-22(26-16)25-15-6-8-18(31)9-7-15/h2,5,10,12,15,17-18,31H,3-4,6-9,11,13-14H2,1H3,(H2,25,26,27,28,29)/t15-,17?,18-. The predicted octanol–water partition coefficient (Wildman–Crippen LogP) is 3.55. The molecule has 1 atom stereocenters. The zero-order chi connectivity index (χ0) is 22.6. The lowest BCUT2D eigenvalue weighted by Gasteiger charge is -2.27. The summed E-state index contributed by atoms with van der Waals surface area (Å²) < 4.78 is 5.43. The molecule has 0 bridgehead atoms. The number of aliphatic hydroxyl groups is 1. The molecule has 1 aliphatic carbocycles. The van der Waals surface area contributed by atoms with E-state index in [2.05, 4.69) is 25.5 Å². The summed E-state index contributed by atoms with van der Waals surface area (Å²) in [4.78, 5) is 22.0. The minimum atomic E-state index is -0.187. The molecule has 0 spiro atoms. The average Bonchev–Trinajstić information content (AvgIpc) is 3.41. The van der Waals surface area contributed by atoms with Gasteiger partial charge in [0.15, 0.2) is 5.13 Å². The molecule has 10 heteroatoms. The molecule has 1 saturated heterocycles. The monoisotopic (exact) mass is 469 g/mol. The number of anilines is 3. The summed E-state index contributed by atoms with van der Waals surface area (Å²) >= 11 is 1.51. The molecule has 1 unspecified atom stereocenters. The number of methoxy groups -OCH3 is 1. The molecule has 9 nitrogen and oxygen atoms in total. The minimum Gasteiger partial charge on any atom is -0.393 e. The molecule has 2 aliphatic rings. The summed E-state index contributed by atoms with van der Waals surface area (Å²) in [5.41, 5.74) is 1.84. The SMILES string of the molecule is COCC1CCCN1Cc1cc(Nc2nc3cccnc3s2)nc(N[C@H]2CC[C@H](O)CC2)n1. The van der Waals surface area contributed by atoms with Crippen LogP contribution in [0.3, 0.4) is 0 Å². The molecule has 1 saturated carbocycles. The Morgan fingerprint density at radius 2 is 2.06 bits per heavy atom. The third-order valence-corrected chi connectivity index (χ3v) is 7.33. The van der Waals surface area contributed by atoms with E-state index in [0.717, 1.165) is 78.8 Å².